The zero-order valence-corrected chi connectivity index (χ0v) is 10.2. The lowest BCUT2D eigenvalue weighted by Gasteiger charge is -2.24. The van der Waals surface area contributed by atoms with Crippen molar-refractivity contribution in [2.24, 2.45) is 5.92 Å². The Morgan fingerprint density at radius 3 is 2.87 bits per heavy atom. The van der Waals surface area contributed by atoms with Crippen molar-refractivity contribution in [1.29, 1.82) is 0 Å². The van der Waals surface area contributed by atoms with Crippen molar-refractivity contribution in [3.63, 3.8) is 0 Å². The third kappa shape index (κ3) is 3.92. The van der Waals surface area contributed by atoms with Crippen LogP contribution < -0.4 is 0 Å². The molecule has 15 heavy (non-hydrogen) atoms. The van der Waals surface area contributed by atoms with E-state index in [1.165, 1.54) is 0 Å². The average Bonchev–Trinajstić information content (AvgIpc) is 2.61. The molecule has 0 bridgehead atoms. The summed E-state index contributed by atoms with van der Waals surface area (Å²) in [7, 11) is 3.83. The number of nitrogens with zero attached hydrogens (tertiary/aromatic N) is 1. The predicted octanol–water partition coefficient (Wildman–Crippen LogP) is 1.71. The SMILES string of the molecule is COCC(C)N(C)CCC1CCCC1=O. The molecule has 0 N–H and O–H groups in total. The molecule has 1 saturated carbocycles. The molecule has 1 fully saturated rings. The summed E-state index contributed by atoms with van der Waals surface area (Å²) in [5.41, 5.74) is 0. The number of carbonyl (C=O) groups is 1. The molecule has 2 atom stereocenters. The van der Waals surface area contributed by atoms with Crippen LogP contribution in [-0.2, 0) is 9.53 Å². The maximum atomic E-state index is 11.4. The van der Waals surface area contributed by atoms with Crippen LogP contribution in [0.2, 0.25) is 0 Å². The van der Waals surface area contributed by atoms with Crippen LogP contribution in [0.4, 0.5) is 0 Å². The molecule has 0 amide bonds. The van der Waals surface area contributed by atoms with Gasteiger partial charge in [-0.3, -0.25) is 4.79 Å². The van der Waals surface area contributed by atoms with Gasteiger partial charge in [0.1, 0.15) is 5.78 Å². The second-order valence-electron chi connectivity index (χ2n) is 4.63. The molecule has 0 aliphatic heterocycles. The molecule has 1 aliphatic rings. The monoisotopic (exact) mass is 213 g/mol. The van der Waals surface area contributed by atoms with Gasteiger partial charge in [-0.25, -0.2) is 0 Å². The number of carbonyl (C=O) groups excluding carboxylic acids is 1. The first kappa shape index (κ1) is 12.7. The standard InChI is InChI=1S/C12H23NO2/c1-10(9-15-3)13(2)8-7-11-5-4-6-12(11)14/h10-11H,4-9H2,1-3H3. The minimum atomic E-state index is 0.335. The van der Waals surface area contributed by atoms with Crippen molar-refractivity contribution in [3.8, 4) is 0 Å². The van der Waals surface area contributed by atoms with Crippen molar-refractivity contribution in [2.75, 3.05) is 27.3 Å². The number of hydrogen-bond donors (Lipinski definition) is 0. The molecule has 0 radical (unpaired) electrons. The molecule has 3 nitrogen and oxygen atoms in total. The number of methoxy groups -OCH3 is 1. The van der Waals surface area contributed by atoms with E-state index in [2.05, 4.69) is 18.9 Å². The van der Waals surface area contributed by atoms with Crippen LogP contribution in [-0.4, -0.2) is 44.0 Å². The fraction of sp³-hybridized carbons (Fsp3) is 0.917. The van der Waals surface area contributed by atoms with Gasteiger partial charge < -0.3 is 9.64 Å². The summed E-state index contributed by atoms with van der Waals surface area (Å²) in [6.45, 7) is 3.91. The van der Waals surface area contributed by atoms with Gasteiger partial charge in [-0.15, -0.1) is 0 Å². The van der Waals surface area contributed by atoms with E-state index in [1.807, 2.05) is 0 Å². The molecule has 0 saturated heterocycles. The van der Waals surface area contributed by atoms with Gasteiger partial charge in [-0.2, -0.15) is 0 Å². The normalized spacial score (nSPS) is 23.7. The largest absolute Gasteiger partial charge is 0.383 e. The summed E-state index contributed by atoms with van der Waals surface area (Å²) in [5, 5.41) is 0. The number of ether oxygens (including phenoxy) is 1. The topological polar surface area (TPSA) is 29.5 Å². The van der Waals surface area contributed by atoms with Gasteiger partial charge in [0.2, 0.25) is 0 Å². The quantitative estimate of drug-likeness (QED) is 0.672. The molecule has 88 valence electrons. The molecule has 0 aromatic rings. The van der Waals surface area contributed by atoms with Crippen molar-refractivity contribution in [1.82, 2.24) is 4.90 Å². The highest BCUT2D eigenvalue weighted by molar-refractivity contribution is 5.82. The Hall–Kier alpha value is -0.410. The summed E-state index contributed by atoms with van der Waals surface area (Å²) < 4.78 is 5.11. The lowest BCUT2D eigenvalue weighted by molar-refractivity contribution is -0.120. The first-order valence-electron chi connectivity index (χ1n) is 5.87. The number of hydrogen-bond acceptors (Lipinski definition) is 3. The molecule has 0 aromatic heterocycles. The highest BCUT2D eigenvalue weighted by atomic mass is 16.5. The van der Waals surface area contributed by atoms with Gasteiger partial charge in [0, 0.05) is 25.5 Å². The van der Waals surface area contributed by atoms with Crippen molar-refractivity contribution >= 4 is 5.78 Å². The van der Waals surface area contributed by atoms with Crippen LogP contribution in [0.25, 0.3) is 0 Å². The Kier molecular flexibility index (Phi) is 5.26. The van der Waals surface area contributed by atoms with E-state index in [4.69, 9.17) is 4.74 Å². The van der Waals surface area contributed by atoms with Crippen LogP contribution in [0.3, 0.4) is 0 Å². The third-order valence-electron chi connectivity index (χ3n) is 3.42. The van der Waals surface area contributed by atoms with Gasteiger partial charge in [0.05, 0.1) is 6.61 Å². The Morgan fingerprint density at radius 1 is 1.60 bits per heavy atom. The van der Waals surface area contributed by atoms with Gasteiger partial charge in [-0.05, 0) is 39.8 Å². The number of likely N-dealkylation sites (N-methyl/N-ethyl adjacent to an activating group) is 1. The van der Waals surface area contributed by atoms with E-state index in [0.717, 1.165) is 38.8 Å². The van der Waals surface area contributed by atoms with E-state index in [-0.39, 0.29) is 0 Å². The highest BCUT2D eigenvalue weighted by Gasteiger charge is 2.24. The zero-order chi connectivity index (χ0) is 11.3. The molecular formula is C12H23NO2. The average molecular weight is 213 g/mol. The zero-order valence-electron chi connectivity index (χ0n) is 10.2. The van der Waals surface area contributed by atoms with Crippen molar-refractivity contribution < 1.29 is 9.53 Å². The molecule has 1 rings (SSSR count). The molecular weight excluding hydrogens is 190 g/mol. The Labute approximate surface area is 92.8 Å². The second-order valence-corrected chi connectivity index (χ2v) is 4.63. The second kappa shape index (κ2) is 6.23. The van der Waals surface area contributed by atoms with Crippen molar-refractivity contribution in [2.45, 2.75) is 38.6 Å². The van der Waals surface area contributed by atoms with Crippen LogP contribution in [0.5, 0.6) is 0 Å². The third-order valence-corrected chi connectivity index (χ3v) is 3.42. The van der Waals surface area contributed by atoms with Gasteiger partial charge in [0.25, 0.3) is 0 Å². The molecule has 0 aromatic carbocycles. The number of rotatable bonds is 6. The summed E-state index contributed by atoms with van der Waals surface area (Å²) in [6, 6.07) is 0.437. The van der Waals surface area contributed by atoms with Crippen LogP contribution in [0, 0.1) is 5.92 Å². The van der Waals surface area contributed by atoms with Crippen molar-refractivity contribution in [3.05, 3.63) is 0 Å². The molecule has 0 heterocycles. The smallest absolute Gasteiger partial charge is 0.136 e. The van der Waals surface area contributed by atoms with Gasteiger partial charge >= 0.3 is 0 Å². The Bertz CT molecular complexity index is 206. The predicted molar refractivity (Wildman–Crippen MR) is 60.9 cm³/mol. The Morgan fingerprint density at radius 2 is 2.33 bits per heavy atom. The highest BCUT2D eigenvalue weighted by Crippen LogP contribution is 2.24. The van der Waals surface area contributed by atoms with Gasteiger partial charge in [0.15, 0.2) is 0 Å². The molecule has 2 unspecified atom stereocenters. The minimum Gasteiger partial charge on any atom is -0.383 e. The summed E-state index contributed by atoms with van der Waals surface area (Å²) in [5.74, 6) is 0.810. The minimum absolute atomic E-state index is 0.335. The van der Waals surface area contributed by atoms with E-state index in [1.54, 1.807) is 7.11 Å². The first-order valence-corrected chi connectivity index (χ1v) is 5.87. The van der Waals surface area contributed by atoms with Crippen LogP contribution in [0.15, 0.2) is 0 Å². The van der Waals surface area contributed by atoms with E-state index >= 15 is 0 Å². The van der Waals surface area contributed by atoms with E-state index in [9.17, 15) is 4.79 Å². The Balaban J connectivity index is 2.21. The first-order chi connectivity index (χ1) is 7.15. The van der Waals surface area contributed by atoms with E-state index < -0.39 is 0 Å². The maximum absolute atomic E-state index is 11.4. The lowest BCUT2D eigenvalue weighted by Crippen LogP contribution is -2.34. The summed E-state index contributed by atoms with van der Waals surface area (Å²) in [6.07, 6.45) is 4.03. The fourth-order valence-electron chi connectivity index (χ4n) is 2.14. The molecule has 1 aliphatic carbocycles. The summed E-state index contributed by atoms with van der Waals surface area (Å²) in [4.78, 5) is 13.7. The van der Waals surface area contributed by atoms with Crippen LogP contribution >= 0.6 is 0 Å². The number of ketones is 1. The van der Waals surface area contributed by atoms with Crippen LogP contribution in [0.1, 0.15) is 32.6 Å². The van der Waals surface area contributed by atoms with Gasteiger partial charge in [-0.1, -0.05) is 0 Å². The number of Topliss-reactive ketones (excluding diaryl/α,β-unsaturated/α-hetero) is 1. The fourth-order valence-corrected chi connectivity index (χ4v) is 2.14. The molecule has 0 spiro atoms. The maximum Gasteiger partial charge on any atom is 0.136 e. The molecule has 3 heteroatoms. The van der Waals surface area contributed by atoms with E-state index in [0.29, 0.717) is 17.7 Å². The lowest BCUT2D eigenvalue weighted by atomic mass is 10.0. The summed E-state index contributed by atoms with van der Waals surface area (Å²) >= 11 is 0.